The topological polar surface area (TPSA) is 94.9 Å². The molecule has 1 N–H and O–H groups in total. The Labute approximate surface area is 159 Å². The largest absolute Gasteiger partial charge is 0.453 e. The van der Waals surface area contributed by atoms with Crippen LogP contribution in [-0.4, -0.2) is 21.5 Å². The lowest BCUT2D eigenvalue weighted by Crippen LogP contribution is -2.12. The fourth-order valence-corrected chi connectivity index (χ4v) is 3.45. The Morgan fingerprint density at radius 1 is 1.19 bits per heavy atom. The Bertz CT molecular complexity index is 864. The number of ether oxygens (including phenoxy) is 1. The minimum Gasteiger partial charge on any atom is -0.453 e. The average molecular weight is 364 g/mol. The highest BCUT2D eigenvalue weighted by molar-refractivity contribution is 5.49. The van der Waals surface area contributed by atoms with Gasteiger partial charge in [-0.25, -0.2) is 0 Å². The first-order valence-corrected chi connectivity index (χ1v) is 9.49. The molecule has 27 heavy (non-hydrogen) atoms. The number of nitriles is 2. The van der Waals surface area contributed by atoms with Gasteiger partial charge in [0.15, 0.2) is 5.75 Å². The van der Waals surface area contributed by atoms with Crippen molar-refractivity contribution < 1.29 is 9.84 Å². The van der Waals surface area contributed by atoms with Gasteiger partial charge in [-0.15, -0.1) is 0 Å². The summed E-state index contributed by atoms with van der Waals surface area (Å²) in [4.78, 5) is 0. The normalized spacial score (nSPS) is 13.4. The number of aromatic nitrogens is 2. The van der Waals surface area contributed by atoms with Gasteiger partial charge in [0.1, 0.15) is 11.4 Å². The van der Waals surface area contributed by atoms with Crippen LogP contribution in [0.15, 0.2) is 18.2 Å². The maximum atomic E-state index is 9.48. The molecule has 0 atom stereocenters. The number of rotatable bonds is 8. The van der Waals surface area contributed by atoms with Gasteiger partial charge < -0.3 is 9.84 Å². The number of benzene rings is 1. The lowest BCUT2D eigenvalue weighted by molar-refractivity contribution is 0.265. The second kappa shape index (κ2) is 8.24. The molecule has 0 aliphatic heterocycles. The van der Waals surface area contributed by atoms with E-state index in [0.717, 1.165) is 42.8 Å². The highest BCUT2D eigenvalue weighted by Gasteiger charge is 2.34. The molecule has 1 heterocycles. The van der Waals surface area contributed by atoms with Crippen LogP contribution in [0.4, 0.5) is 0 Å². The molecule has 6 nitrogen and oxygen atoms in total. The zero-order valence-corrected chi connectivity index (χ0v) is 15.8. The fourth-order valence-electron chi connectivity index (χ4n) is 3.45. The van der Waals surface area contributed by atoms with E-state index in [-0.39, 0.29) is 12.5 Å². The SMILES string of the molecule is CCC(CC)c1c(Oc2cc(C#N)cc(C#N)c2)c(C2CC2)nn1CCO. The minimum absolute atomic E-state index is 0.0148. The van der Waals surface area contributed by atoms with Gasteiger partial charge in [-0.05, 0) is 43.9 Å². The molecule has 3 rings (SSSR count). The summed E-state index contributed by atoms with van der Waals surface area (Å²) in [6.45, 7) is 4.71. The highest BCUT2D eigenvalue weighted by atomic mass is 16.5. The molecule has 0 bridgehead atoms. The summed E-state index contributed by atoms with van der Waals surface area (Å²) in [5.41, 5.74) is 2.70. The predicted molar refractivity (Wildman–Crippen MR) is 101 cm³/mol. The van der Waals surface area contributed by atoms with Crippen LogP contribution in [0.3, 0.4) is 0 Å². The molecule has 1 aromatic carbocycles. The molecule has 1 fully saturated rings. The molecule has 1 aromatic heterocycles. The molecule has 0 amide bonds. The number of hydrogen-bond donors (Lipinski definition) is 1. The van der Waals surface area contributed by atoms with Gasteiger partial charge in [-0.1, -0.05) is 13.8 Å². The van der Waals surface area contributed by atoms with Crippen LogP contribution in [0.1, 0.15) is 73.9 Å². The Balaban J connectivity index is 2.11. The van der Waals surface area contributed by atoms with Gasteiger partial charge in [0.2, 0.25) is 0 Å². The van der Waals surface area contributed by atoms with Crippen molar-refractivity contribution in [3.05, 3.63) is 40.7 Å². The third-order valence-corrected chi connectivity index (χ3v) is 5.00. The van der Waals surface area contributed by atoms with Crippen LogP contribution < -0.4 is 4.74 Å². The zero-order chi connectivity index (χ0) is 19.4. The standard InChI is InChI=1S/C21H24N4O2/c1-3-16(4-2)20-21(19(17-5-6-17)24-25(20)7-8-26)27-18-10-14(12-22)9-15(11-18)13-23/h9-11,16-17,26H,3-8H2,1-2H3. The van der Waals surface area contributed by atoms with Crippen molar-refractivity contribution in [3.8, 4) is 23.6 Å². The van der Waals surface area contributed by atoms with Crippen LogP contribution >= 0.6 is 0 Å². The van der Waals surface area contributed by atoms with Gasteiger partial charge in [-0.3, -0.25) is 4.68 Å². The van der Waals surface area contributed by atoms with Gasteiger partial charge in [0, 0.05) is 11.8 Å². The lowest BCUT2D eigenvalue weighted by atomic mass is 9.97. The van der Waals surface area contributed by atoms with Gasteiger partial charge >= 0.3 is 0 Å². The Morgan fingerprint density at radius 2 is 1.81 bits per heavy atom. The summed E-state index contributed by atoms with van der Waals surface area (Å²) >= 11 is 0. The van der Waals surface area contributed by atoms with E-state index in [2.05, 4.69) is 26.0 Å². The molecule has 0 unspecified atom stereocenters. The molecule has 1 aliphatic carbocycles. The predicted octanol–water partition coefficient (Wildman–Crippen LogP) is 4.19. The van der Waals surface area contributed by atoms with Crippen LogP contribution in [0.5, 0.6) is 11.5 Å². The number of hydrogen-bond acceptors (Lipinski definition) is 5. The number of aliphatic hydroxyl groups excluding tert-OH is 1. The number of aliphatic hydroxyl groups is 1. The van der Waals surface area contributed by atoms with Crippen LogP contribution in [0.25, 0.3) is 0 Å². The average Bonchev–Trinajstić information content (AvgIpc) is 3.48. The molecule has 2 aromatic rings. The summed E-state index contributed by atoms with van der Waals surface area (Å²) in [6, 6.07) is 9.00. The van der Waals surface area contributed by atoms with E-state index in [1.165, 1.54) is 0 Å². The molecular formula is C21H24N4O2. The van der Waals surface area contributed by atoms with Crippen molar-refractivity contribution in [2.45, 2.75) is 57.9 Å². The summed E-state index contributed by atoms with van der Waals surface area (Å²) in [6.07, 6.45) is 4.04. The van der Waals surface area contributed by atoms with Gasteiger partial charge in [0.05, 0.1) is 42.1 Å². The molecule has 0 radical (unpaired) electrons. The molecule has 6 heteroatoms. The van der Waals surface area contributed by atoms with Gasteiger partial charge in [-0.2, -0.15) is 15.6 Å². The molecule has 140 valence electrons. The quantitative estimate of drug-likeness (QED) is 0.758. The smallest absolute Gasteiger partial charge is 0.172 e. The monoisotopic (exact) mass is 364 g/mol. The molecule has 0 spiro atoms. The van der Waals surface area contributed by atoms with E-state index in [9.17, 15) is 15.6 Å². The van der Waals surface area contributed by atoms with Crippen molar-refractivity contribution in [1.29, 1.82) is 10.5 Å². The molecule has 1 saturated carbocycles. The van der Waals surface area contributed by atoms with E-state index in [0.29, 0.717) is 29.3 Å². The summed E-state index contributed by atoms with van der Waals surface area (Å²) in [5.74, 6) is 1.85. The number of nitrogens with zero attached hydrogens (tertiary/aromatic N) is 4. The Kier molecular flexibility index (Phi) is 5.78. The third-order valence-electron chi connectivity index (χ3n) is 5.00. The van der Waals surface area contributed by atoms with Crippen LogP contribution in [0, 0.1) is 22.7 Å². The van der Waals surface area contributed by atoms with Crippen molar-refractivity contribution in [3.63, 3.8) is 0 Å². The van der Waals surface area contributed by atoms with Crippen molar-refractivity contribution in [2.24, 2.45) is 0 Å². The van der Waals surface area contributed by atoms with E-state index >= 15 is 0 Å². The second-order valence-electron chi connectivity index (χ2n) is 6.91. The van der Waals surface area contributed by atoms with Crippen molar-refractivity contribution >= 4 is 0 Å². The summed E-state index contributed by atoms with van der Waals surface area (Å²) < 4.78 is 8.15. The van der Waals surface area contributed by atoms with E-state index in [1.54, 1.807) is 18.2 Å². The van der Waals surface area contributed by atoms with E-state index in [1.807, 2.05) is 4.68 Å². The molecule has 1 aliphatic rings. The van der Waals surface area contributed by atoms with E-state index < -0.39 is 0 Å². The summed E-state index contributed by atoms with van der Waals surface area (Å²) in [7, 11) is 0. The maximum absolute atomic E-state index is 9.48. The fraction of sp³-hybridized carbons (Fsp3) is 0.476. The third kappa shape index (κ3) is 3.97. The zero-order valence-electron chi connectivity index (χ0n) is 15.8. The maximum Gasteiger partial charge on any atom is 0.172 e. The highest BCUT2D eigenvalue weighted by Crippen LogP contribution is 2.48. The first-order valence-electron chi connectivity index (χ1n) is 9.49. The molecular weight excluding hydrogens is 340 g/mol. The second-order valence-corrected chi connectivity index (χ2v) is 6.91. The summed E-state index contributed by atoms with van der Waals surface area (Å²) in [5, 5.41) is 32.7. The van der Waals surface area contributed by atoms with Crippen LogP contribution in [0.2, 0.25) is 0 Å². The van der Waals surface area contributed by atoms with Gasteiger partial charge in [0.25, 0.3) is 0 Å². The molecule has 0 saturated heterocycles. The minimum atomic E-state index is 0.0148. The van der Waals surface area contributed by atoms with Crippen molar-refractivity contribution in [1.82, 2.24) is 9.78 Å². The first-order chi connectivity index (χ1) is 13.1. The van der Waals surface area contributed by atoms with Crippen LogP contribution in [-0.2, 0) is 6.54 Å². The van der Waals surface area contributed by atoms with Crippen molar-refractivity contribution in [2.75, 3.05) is 6.61 Å². The lowest BCUT2D eigenvalue weighted by Gasteiger charge is -2.17. The first kappa shape index (κ1) is 18.9. The Hall–Kier alpha value is -2.83. The Morgan fingerprint density at radius 3 is 2.30 bits per heavy atom. The van der Waals surface area contributed by atoms with E-state index in [4.69, 9.17) is 9.84 Å².